The first kappa shape index (κ1) is 8.26. The summed E-state index contributed by atoms with van der Waals surface area (Å²) in [4.78, 5) is 4.07. The summed E-state index contributed by atoms with van der Waals surface area (Å²) in [6.07, 6.45) is 1.83. The van der Waals surface area contributed by atoms with Gasteiger partial charge in [-0.15, -0.1) is 0 Å². The third kappa shape index (κ3) is 2.06. The van der Waals surface area contributed by atoms with Gasteiger partial charge in [0.25, 0.3) is 0 Å². The molecule has 13 heavy (non-hydrogen) atoms. The van der Waals surface area contributed by atoms with Gasteiger partial charge in [-0.25, -0.2) is 5.43 Å². The lowest BCUT2D eigenvalue weighted by Crippen LogP contribution is -2.30. The van der Waals surface area contributed by atoms with Crippen molar-refractivity contribution in [1.29, 1.82) is 0 Å². The van der Waals surface area contributed by atoms with Crippen molar-refractivity contribution >= 4 is 6.34 Å². The minimum absolute atomic E-state index is 0.700. The van der Waals surface area contributed by atoms with Crippen molar-refractivity contribution in [1.82, 2.24) is 10.4 Å². The van der Waals surface area contributed by atoms with Crippen LogP contribution in [0.15, 0.2) is 29.3 Å². The predicted molar refractivity (Wildman–Crippen MR) is 53.2 cm³/mol. The number of benzene rings is 1. The molecular weight excluding hydrogens is 162 g/mol. The van der Waals surface area contributed by atoms with Crippen LogP contribution in [-0.2, 0) is 6.54 Å². The molecule has 1 aliphatic heterocycles. The Morgan fingerprint density at radius 1 is 1.38 bits per heavy atom. The zero-order chi connectivity index (χ0) is 9.10. The number of hydrogen-bond acceptors (Lipinski definition) is 3. The second-order valence-electron chi connectivity index (χ2n) is 3.23. The lowest BCUT2D eigenvalue weighted by Gasteiger charge is -2.13. The molecule has 0 radical (unpaired) electrons. The Labute approximate surface area is 78.1 Å². The van der Waals surface area contributed by atoms with Crippen molar-refractivity contribution in [3.05, 3.63) is 35.4 Å². The predicted octanol–water partition coefficient (Wildman–Crippen LogP) is 1.30. The van der Waals surface area contributed by atoms with Gasteiger partial charge in [0.1, 0.15) is 13.0 Å². The van der Waals surface area contributed by atoms with E-state index in [1.165, 1.54) is 11.1 Å². The minimum Gasteiger partial charge on any atom is -0.292 e. The van der Waals surface area contributed by atoms with Gasteiger partial charge >= 0.3 is 0 Å². The molecule has 1 aliphatic rings. The third-order valence-electron chi connectivity index (χ3n) is 2.06. The van der Waals surface area contributed by atoms with E-state index in [0.29, 0.717) is 6.67 Å². The van der Waals surface area contributed by atoms with E-state index in [0.717, 1.165) is 6.54 Å². The van der Waals surface area contributed by atoms with Gasteiger partial charge in [-0.3, -0.25) is 10.0 Å². The van der Waals surface area contributed by atoms with Crippen LogP contribution in [0.5, 0.6) is 0 Å². The van der Waals surface area contributed by atoms with Crippen LogP contribution in [0.25, 0.3) is 0 Å². The van der Waals surface area contributed by atoms with Crippen molar-refractivity contribution in [2.45, 2.75) is 13.5 Å². The summed E-state index contributed by atoms with van der Waals surface area (Å²) in [5, 5.41) is 1.99. The monoisotopic (exact) mass is 175 g/mol. The van der Waals surface area contributed by atoms with Crippen LogP contribution in [0.2, 0.25) is 0 Å². The molecular formula is C10H13N3. The molecule has 0 bridgehead atoms. The van der Waals surface area contributed by atoms with E-state index in [1.807, 2.05) is 11.3 Å². The van der Waals surface area contributed by atoms with E-state index in [4.69, 9.17) is 0 Å². The molecule has 0 saturated carbocycles. The Kier molecular flexibility index (Phi) is 2.27. The Morgan fingerprint density at radius 2 is 2.15 bits per heavy atom. The molecule has 1 aromatic rings. The molecule has 0 unspecified atom stereocenters. The van der Waals surface area contributed by atoms with Crippen LogP contribution >= 0.6 is 0 Å². The molecule has 1 aromatic carbocycles. The van der Waals surface area contributed by atoms with E-state index >= 15 is 0 Å². The number of hydrazine groups is 1. The van der Waals surface area contributed by atoms with Gasteiger partial charge in [0.05, 0.1) is 6.54 Å². The summed E-state index contributed by atoms with van der Waals surface area (Å²) in [5.74, 6) is 0. The first-order chi connectivity index (χ1) is 6.34. The second kappa shape index (κ2) is 3.58. The van der Waals surface area contributed by atoms with E-state index < -0.39 is 0 Å². The molecule has 1 N–H and O–H groups in total. The molecule has 0 aliphatic carbocycles. The molecule has 1 heterocycles. The average molecular weight is 175 g/mol. The SMILES string of the molecule is Cc1ccc(CN2C=NCN2)cc1. The van der Waals surface area contributed by atoms with Gasteiger partial charge in [0.2, 0.25) is 0 Å². The lowest BCUT2D eigenvalue weighted by atomic mass is 10.1. The van der Waals surface area contributed by atoms with Crippen LogP contribution < -0.4 is 5.43 Å². The molecule has 3 nitrogen and oxygen atoms in total. The Morgan fingerprint density at radius 3 is 2.77 bits per heavy atom. The summed E-state index contributed by atoms with van der Waals surface area (Å²) in [6.45, 7) is 3.68. The summed E-state index contributed by atoms with van der Waals surface area (Å²) in [5.41, 5.74) is 5.73. The first-order valence-electron chi connectivity index (χ1n) is 4.40. The number of aliphatic imine (C=N–C) groups is 1. The molecule has 2 rings (SSSR count). The van der Waals surface area contributed by atoms with Crippen LogP contribution in [0.4, 0.5) is 0 Å². The van der Waals surface area contributed by atoms with E-state index in [-0.39, 0.29) is 0 Å². The van der Waals surface area contributed by atoms with Gasteiger partial charge in [-0.1, -0.05) is 29.8 Å². The quantitative estimate of drug-likeness (QED) is 0.733. The van der Waals surface area contributed by atoms with Gasteiger partial charge < -0.3 is 0 Å². The number of nitrogens with one attached hydrogen (secondary N) is 1. The largest absolute Gasteiger partial charge is 0.292 e. The van der Waals surface area contributed by atoms with Gasteiger partial charge in [-0.2, -0.15) is 0 Å². The van der Waals surface area contributed by atoms with E-state index in [2.05, 4.69) is 41.6 Å². The van der Waals surface area contributed by atoms with Crippen molar-refractivity contribution in [3.8, 4) is 0 Å². The highest BCUT2D eigenvalue weighted by Gasteiger charge is 2.03. The highest BCUT2D eigenvalue weighted by atomic mass is 15.6. The van der Waals surface area contributed by atoms with Gasteiger partial charge in [-0.05, 0) is 12.5 Å². The maximum Gasteiger partial charge on any atom is 0.107 e. The van der Waals surface area contributed by atoms with Crippen LogP contribution in [0, 0.1) is 6.92 Å². The highest BCUT2D eigenvalue weighted by Crippen LogP contribution is 2.05. The van der Waals surface area contributed by atoms with E-state index in [9.17, 15) is 0 Å². The maximum absolute atomic E-state index is 4.07. The number of rotatable bonds is 2. The van der Waals surface area contributed by atoms with Crippen molar-refractivity contribution in [2.75, 3.05) is 6.67 Å². The summed E-state index contributed by atoms with van der Waals surface area (Å²) in [6, 6.07) is 8.54. The van der Waals surface area contributed by atoms with Crippen molar-refractivity contribution < 1.29 is 0 Å². The first-order valence-corrected chi connectivity index (χ1v) is 4.40. The normalized spacial score (nSPS) is 15.3. The fraction of sp³-hybridized carbons (Fsp3) is 0.300. The third-order valence-corrected chi connectivity index (χ3v) is 2.06. The number of nitrogens with zero attached hydrogens (tertiary/aromatic N) is 2. The summed E-state index contributed by atoms with van der Waals surface area (Å²) >= 11 is 0. The van der Waals surface area contributed by atoms with E-state index in [1.54, 1.807) is 0 Å². The molecule has 0 atom stereocenters. The molecule has 0 aromatic heterocycles. The Bertz CT molecular complexity index is 302. The standard InChI is InChI=1S/C10H13N3/c1-9-2-4-10(5-3-9)6-13-8-11-7-12-13/h2-5,8,12H,6-7H2,1H3. The van der Waals surface area contributed by atoms with Crippen molar-refractivity contribution in [3.63, 3.8) is 0 Å². The topological polar surface area (TPSA) is 27.6 Å². The Balaban J connectivity index is 2.01. The fourth-order valence-corrected chi connectivity index (χ4v) is 1.30. The fourth-order valence-electron chi connectivity index (χ4n) is 1.30. The summed E-state index contributed by atoms with van der Waals surface area (Å²) in [7, 11) is 0. The Hall–Kier alpha value is -1.35. The second-order valence-corrected chi connectivity index (χ2v) is 3.23. The van der Waals surface area contributed by atoms with Crippen LogP contribution in [-0.4, -0.2) is 18.0 Å². The smallest absolute Gasteiger partial charge is 0.107 e. The molecule has 0 spiro atoms. The van der Waals surface area contributed by atoms with Gasteiger partial charge in [0, 0.05) is 0 Å². The molecule has 3 heteroatoms. The molecule has 0 amide bonds. The minimum atomic E-state index is 0.700. The van der Waals surface area contributed by atoms with Crippen molar-refractivity contribution in [2.24, 2.45) is 4.99 Å². The maximum atomic E-state index is 4.07. The number of aryl methyl sites for hydroxylation is 1. The highest BCUT2D eigenvalue weighted by molar-refractivity contribution is 5.55. The van der Waals surface area contributed by atoms with Crippen LogP contribution in [0.3, 0.4) is 0 Å². The molecule has 68 valence electrons. The van der Waals surface area contributed by atoms with Crippen LogP contribution in [0.1, 0.15) is 11.1 Å². The zero-order valence-electron chi connectivity index (χ0n) is 7.70. The van der Waals surface area contributed by atoms with Gasteiger partial charge in [0.15, 0.2) is 0 Å². The lowest BCUT2D eigenvalue weighted by molar-refractivity contribution is 0.342. The zero-order valence-corrected chi connectivity index (χ0v) is 7.70. The average Bonchev–Trinajstić information content (AvgIpc) is 2.62. The summed E-state index contributed by atoms with van der Waals surface area (Å²) < 4.78 is 0. The number of hydrogen-bond donors (Lipinski definition) is 1. The molecule has 0 fully saturated rings. The molecule has 0 saturated heterocycles.